The summed E-state index contributed by atoms with van der Waals surface area (Å²) in [7, 11) is 0. The van der Waals surface area contributed by atoms with Crippen molar-refractivity contribution in [2.75, 3.05) is 18.6 Å². The number of carboxylic acids is 1. The van der Waals surface area contributed by atoms with Gasteiger partial charge in [-0.15, -0.1) is 0 Å². The van der Waals surface area contributed by atoms with Crippen LogP contribution in [0.25, 0.3) is 10.9 Å². The van der Waals surface area contributed by atoms with Crippen LogP contribution in [0.3, 0.4) is 0 Å². The zero-order chi connectivity index (χ0) is 32.8. The molecule has 0 radical (unpaired) electrons. The number of nitrogens with one attached hydrogen (secondary N) is 4. The molecule has 2 aromatic carbocycles. The van der Waals surface area contributed by atoms with Gasteiger partial charge >= 0.3 is 5.97 Å². The van der Waals surface area contributed by atoms with Gasteiger partial charge in [0, 0.05) is 30.1 Å². The fourth-order valence-corrected chi connectivity index (χ4v) is 5.25. The number of aliphatic imine (C=N–C) groups is 1. The van der Waals surface area contributed by atoms with Crippen molar-refractivity contribution in [3.8, 4) is 0 Å². The Kier molecular flexibility index (Phi) is 13.7. The molecule has 3 amide bonds. The summed E-state index contributed by atoms with van der Waals surface area (Å²) in [5.74, 6) is -2.57. The summed E-state index contributed by atoms with van der Waals surface area (Å²) in [4.78, 5) is 59.1. The SMILES string of the molecule is CSCCC(NC(=O)C(Cc1ccccc1)NC(=O)C(N)Cc1c[nH]c2ccccc12)C(=O)NC(CCCN=C(N)N)C(=O)O. The maximum Gasteiger partial charge on any atom is 0.326 e. The fraction of sp³-hybridized carbons (Fsp3) is 0.387. The molecule has 11 N–H and O–H groups in total. The molecular weight excluding hydrogens is 596 g/mol. The van der Waals surface area contributed by atoms with Gasteiger partial charge in [0.25, 0.3) is 0 Å². The van der Waals surface area contributed by atoms with Gasteiger partial charge in [-0.05, 0) is 54.9 Å². The van der Waals surface area contributed by atoms with Crippen molar-refractivity contribution in [3.05, 3.63) is 71.9 Å². The number of para-hydroxylation sites is 1. The molecular formula is C31H42N8O5S. The van der Waals surface area contributed by atoms with Crippen molar-refractivity contribution < 1.29 is 24.3 Å². The summed E-state index contributed by atoms with van der Waals surface area (Å²) in [5.41, 5.74) is 19.5. The quantitative estimate of drug-likeness (QED) is 0.0554. The minimum Gasteiger partial charge on any atom is -0.480 e. The van der Waals surface area contributed by atoms with Crippen LogP contribution in [-0.4, -0.2) is 82.5 Å². The molecule has 0 saturated carbocycles. The first kappa shape index (κ1) is 34.9. The second kappa shape index (κ2) is 17.7. The second-order valence-corrected chi connectivity index (χ2v) is 11.6. The zero-order valence-electron chi connectivity index (χ0n) is 25.2. The van der Waals surface area contributed by atoms with Crippen LogP contribution in [-0.2, 0) is 32.0 Å². The zero-order valence-corrected chi connectivity index (χ0v) is 26.0. The van der Waals surface area contributed by atoms with E-state index in [0.29, 0.717) is 12.2 Å². The number of carboxylic acid groups (broad SMARTS) is 1. The number of nitrogens with two attached hydrogens (primary N) is 3. The van der Waals surface area contributed by atoms with E-state index in [-0.39, 0.29) is 38.2 Å². The van der Waals surface area contributed by atoms with Crippen LogP contribution >= 0.6 is 11.8 Å². The number of hydrogen-bond donors (Lipinski definition) is 8. The number of fused-ring (bicyclic) bond motifs is 1. The van der Waals surface area contributed by atoms with Crippen LogP contribution in [0.1, 0.15) is 30.4 Å². The number of rotatable bonds is 18. The molecule has 4 atom stereocenters. The number of aromatic nitrogens is 1. The predicted molar refractivity (Wildman–Crippen MR) is 176 cm³/mol. The van der Waals surface area contributed by atoms with Crippen LogP contribution in [0.2, 0.25) is 0 Å². The van der Waals surface area contributed by atoms with Gasteiger partial charge in [-0.25, -0.2) is 4.79 Å². The van der Waals surface area contributed by atoms with Crippen LogP contribution in [0, 0.1) is 0 Å². The Morgan fingerprint density at radius 3 is 2.20 bits per heavy atom. The summed E-state index contributed by atoms with van der Waals surface area (Å²) in [6, 6.07) is 12.6. The number of guanidine groups is 1. The lowest BCUT2D eigenvalue weighted by atomic mass is 10.0. The highest BCUT2D eigenvalue weighted by Gasteiger charge is 2.30. The Balaban J connectivity index is 1.73. The van der Waals surface area contributed by atoms with Crippen LogP contribution in [0.4, 0.5) is 0 Å². The van der Waals surface area contributed by atoms with E-state index in [4.69, 9.17) is 17.2 Å². The van der Waals surface area contributed by atoms with E-state index in [1.165, 1.54) is 11.8 Å². The number of thioether (sulfide) groups is 1. The van der Waals surface area contributed by atoms with E-state index < -0.39 is 47.9 Å². The van der Waals surface area contributed by atoms with E-state index in [0.717, 1.165) is 22.0 Å². The number of nitrogens with zero attached hydrogens (tertiary/aromatic N) is 1. The van der Waals surface area contributed by atoms with Crippen molar-refractivity contribution in [2.45, 2.75) is 56.3 Å². The Hall–Kier alpha value is -4.56. The lowest BCUT2D eigenvalue weighted by Gasteiger charge is -2.25. The molecule has 0 bridgehead atoms. The van der Waals surface area contributed by atoms with E-state index in [2.05, 4.69) is 25.9 Å². The van der Waals surface area contributed by atoms with Gasteiger partial charge in [0.2, 0.25) is 17.7 Å². The first-order valence-electron chi connectivity index (χ1n) is 14.6. The molecule has 1 aromatic heterocycles. The number of H-pyrrole nitrogens is 1. The molecule has 0 aliphatic heterocycles. The van der Waals surface area contributed by atoms with Crippen molar-refractivity contribution in [3.63, 3.8) is 0 Å². The summed E-state index contributed by atoms with van der Waals surface area (Å²) < 4.78 is 0. The molecule has 3 aromatic rings. The maximum atomic E-state index is 13.7. The van der Waals surface area contributed by atoms with Crippen molar-refractivity contribution in [1.29, 1.82) is 0 Å². The third-order valence-corrected chi connectivity index (χ3v) is 7.81. The van der Waals surface area contributed by atoms with E-state index in [1.54, 1.807) is 0 Å². The summed E-state index contributed by atoms with van der Waals surface area (Å²) in [6.07, 6.45) is 4.71. The highest BCUT2D eigenvalue weighted by Crippen LogP contribution is 2.19. The number of hydrogen-bond acceptors (Lipinski definition) is 7. The molecule has 0 aliphatic carbocycles. The number of amides is 3. The second-order valence-electron chi connectivity index (χ2n) is 10.6. The predicted octanol–water partition coefficient (Wildman–Crippen LogP) is 0.626. The van der Waals surface area contributed by atoms with E-state index in [9.17, 15) is 24.3 Å². The Morgan fingerprint density at radius 1 is 0.867 bits per heavy atom. The van der Waals surface area contributed by atoms with Crippen molar-refractivity contribution >= 4 is 52.3 Å². The Morgan fingerprint density at radius 2 is 1.51 bits per heavy atom. The standard InChI is InChI=1S/C31H42N8O5S/c1-45-15-13-24(28(41)38-25(30(43)44)12-7-14-35-31(33)34)37-29(42)26(16-19-8-3-2-4-9-19)39-27(40)22(32)17-20-18-36-23-11-6-5-10-21(20)23/h2-6,8-11,18,22,24-26,36H,7,12-17,32H2,1H3,(H,37,42)(H,38,41)(H,39,40)(H,43,44)(H4,33,34,35). The van der Waals surface area contributed by atoms with Crippen LogP contribution in [0.15, 0.2) is 65.8 Å². The van der Waals surface area contributed by atoms with E-state index in [1.807, 2.05) is 67.0 Å². The maximum absolute atomic E-state index is 13.7. The third-order valence-electron chi connectivity index (χ3n) is 7.17. The normalized spacial score (nSPS) is 13.6. The van der Waals surface area contributed by atoms with E-state index >= 15 is 0 Å². The average Bonchev–Trinajstić information content (AvgIpc) is 3.42. The van der Waals surface area contributed by atoms with Crippen LogP contribution in [0.5, 0.6) is 0 Å². The van der Waals surface area contributed by atoms with Gasteiger partial charge in [0.1, 0.15) is 18.1 Å². The molecule has 0 saturated heterocycles. The summed E-state index contributed by atoms with van der Waals surface area (Å²) >= 11 is 1.47. The van der Waals surface area contributed by atoms with Gasteiger partial charge in [-0.3, -0.25) is 19.4 Å². The fourth-order valence-electron chi connectivity index (χ4n) is 4.78. The Labute approximate surface area is 266 Å². The molecule has 0 fully saturated rings. The minimum atomic E-state index is -1.22. The molecule has 13 nitrogen and oxygen atoms in total. The number of aromatic amines is 1. The topological polar surface area (TPSA) is 231 Å². The molecule has 1 heterocycles. The van der Waals surface area contributed by atoms with Gasteiger partial charge in [-0.1, -0.05) is 48.5 Å². The highest BCUT2D eigenvalue weighted by molar-refractivity contribution is 7.98. The molecule has 4 unspecified atom stereocenters. The average molecular weight is 639 g/mol. The smallest absolute Gasteiger partial charge is 0.326 e. The summed E-state index contributed by atoms with van der Waals surface area (Å²) in [5, 5.41) is 18.7. The van der Waals surface area contributed by atoms with Crippen LogP contribution < -0.4 is 33.2 Å². The monoisotopic (exact) mass is 638 g/mol. The highest BCUT2D eigenvalue weighted by atomic mass is 32.2. The number of aliphatic carboxylic acids is 1. The lowest BCUT2D eigenvalue weighted by molar-refractivity contribution is -0.142. The number of carbonyl (C=O) groups is 4. The third kappa shape index (κ3) is 11.1. The molecule has 14 heteroatoms. The summed E-state index contributed by atoms with van der Waals surface area (Å²) in [6.45, 7) is 0.206. The molecule has 0 aliphatic rings. The lowest BCUT2D eigenvalue weighted by Crippen LogP contribution is -2.58. The van der Waals surface area contributed by atoms with Gasteiger partial charge in [-0.2, -0.15) is 11.8 Å². The Bertz CT molecular complexity index is 1460. The molecule has 0 spiro atoms. The van der Waals surface area contributed by atoms with Gasteiger partial charge in [0.15, 0.2) is 5.96 Å². The van der Waals surface area contributed by atoms with Gasteiger partial charge in [0.05, 0.1) is 6.04 Å². The number of carbonyl (C=O) groups excluding carboxylic acids is 3. The molecule has 3 rings (SSSR count). The van der Waals surface area contributed by atoms with Crippen molar-refractivity contribution in [2.24, 2.45) is 22.2 Å². The largest absolute Gasteiger partial charge is 0.480 e. The molecule has 242 valence electrons. The first-order valence-corrected chi connectivity index (χ1v) is 16.0. The van der Waals surface area contributed by atoms with Gasteiger partial charge < -0.3 is 43.2 Å². The number of benzene rings is 2. The van der Waals surface area contributed by atoms with Crippen molar-refractivity contribution in [1.82, 2.24) is 20.9 Å². The minimum absolute atomic E-state index is 0.0854. The molecule has 45 heavy (non-hydrogen) atoms. The first-order chi connectivity index (χ1) is 21.6.